The minimum absolute atomic E-state index is 0.0704. The summed E-state index contributed by atoms with van der Waals surface area (Å²) in [5, 5.41) is 14.5. The minimum atomic E-state index is -0.552. The maximum absolute atomic E-state index is 13.7. The lowest BCUT2D eigenvalue weighted by molar-refractivity contribution is 0.0509. The van der Waals surface area contributed by atoms with Gasteiger partial charge in [0.25, 0.3) is 0 Å². The van der Waals surface area contributed by atoms with Crippen LogP contribution in [0.25, 0.3) is 0 Å². The molecule has 0 bridgehead atoms. The van der Waals surface area contributed by atoms with Gasteiger partial charge in [0.2, 0.25) is 0 Å². The number of rotatable bonds is 3. The fourth-order valence-corrected chi connectivity index (χ4v) is 3.04. The van der Waals surface area contributed by atoms with Crippen molar-refractivity contribution < 1.29 is 13.9 Å². The van der Waals surface area contributed by atoms with Gasteiger partial charge in [-0.3, -0.25) is 5.32 Å². The Kier molecular flexibility index (Phi) is 6.91. The first kappa shape index (κ1) is 20.8. The number of amidine groups is 1. The van der Waals surface area contributed by atoms with Crippen molar-refractivity contribution in [3.05, 3.63) is 24.0 Å². The maximum atomic E-state index is 13.7. The van der Waals surface area contributed by atoms with Gasteiger partial charge in [0.1, 0.15) is 11.4 Å². The van der Waals surface area contributed by atoms with Gasteiger partial charge >= 0.3 is 6.09 Å². The number of hydrogen-bond acceptors (Lipinski definition) is 6. The molecule has 0 aliphatic carbocycles. The summed E-state index contributed by atoms with van der Waals surface area (Å²) in [5.74, 6) is -0.405. The van der Waals surface area contributed by atoms with E-state index in [1.54, 1.807) is 12.3 Å². The van der Waals surface area contributed by atoms with Crippen molar-refractivity contribution >= 4 is 34.4 Å². The van der Waals surface area contributed by atoms with Crippen molar-refractivity contribution in [2.24, 2.45) is 4.99 Å². The SMILES string of the molecule is CSC(=Nc1cc(F)ccc1N1CCC(NC(=O)OC(C)(C)C)C1)NC#N. The number of thioether (sulfide) groups is 1. The topological polar surface area (TPSA) is 89.8 Å². The van der Waals surface area contributed by atoms with Crippen molar-refractivity contribution in [1.29, 1.82) is 5.26 Å². The van der Waals surface area contributed by atoms with E-state index in [-0.39, 0.29) is 6.04 Å². The number of carbonyl (C=O) groups excluding carboxylic acids is 1. The predicted octanol–water partition coefficient (Wildman–Crippen LogP) is 3.35. The molecule has 1 unspecified atom stereocenters. The molecule has 1 heterocycles. The highest BCUT2D eigenvalue weighted by Gasteiger charge is 2.27. The molecular formula is C18H24FN5O2S. The number of hydrogen-bond donors (Lipinski definition) is 2. The van der Waals surface area contributed by atoms with Gasteiger partial charge in [0.05, 0.1) is 17.4 Å². The van der Waals surface area contributed by atoms with Crippen LogP contribution in [0.15, 0.2) is 23.2 Å². The van der Waals surface area contributed by atoms with Gasteiger partial charge in [-0.15, -0.1) is 0 Å². The molecule has 0 saturated carbocycles. The lowest BCUT2D eigenvalue weighted by Gasteiger charge is -2.23. The summed E-state index contributed by atoms with van der Waals surface area (Å²) in [7, 11) is 0. The maximum Gasteiger partial charge on any atom is 0.407 e. The van der Waals surface area contributed by atoms with Crippen LogP contribution in [0.2, 0.25) is 0 Å². The third kappa shape index (κ3) is 6.32. The second kappa shape index (κ2) is 8.95. The molecule has 1 aliphatic rings. The molecule has 1 fully saturated rings. The van der Waals surface area contributed by atoms with E-state index in [0.29, 0.717) is 23.9 Å². The van der Waals surface area contributed by atoms with Gasteiger partial charge in [-0.25, -0.2) is 14.2 Å². The highest BCUT2D eigenvalue weighted by molar-refractivity contribution is 8.13. The van der Waals surface area contributed by atoms with E-state index in [2.05, 4.69) is 15.6 Å². The second-order valence-electron chi connectivity index (χ2n) is 7.07. The summed E-state index contributed by atoms with van der Waals surface area (Å²) in [6.45, 7) is 6.70. The molecule has 2 N–H and O–H groups in total. The molecule has 1 aromatic rings. The van der Waals surface area contributed by atoms with Crippen LogP contribution in [0, 0.1) is 17.3 Å². The summed E-state index contributed by atoms with van der Waals surface area (Å²) < 4.78 is 19.0. The number of anilines is 1. The van der Waals surface area contributed by atoms with E-state index in [0.717, 1.165) is 12.1 Å². The van der Waals surface area contributed by atoms with Crippen LogP contribution in [-0.4, -0.2) is 42.2 Å². The van der Waals surface area contributed by atoms with Crippen LogP contribution >= 0.6 is 11.8 Å². The number of carbonyl (C=O) groups is 1. The number of halogens is 1. The van der Waals surface area contributed by atoms with Crippen LogP contribution < -0.4 is 15.5 Å². The third-order valence-electron chi connectivity index (χ3n) is 3.77. The van der Waals surface area contributed by atoms with Crippen molar-refractivity contribution in [2.45, 2.75) is 38.8 Å². The van der Waals surface area contributed by atoms with E-state index in [9.17, 15) is 9.18 Å². The van der Waals surface area contributed by atoms with Gasteiger partial charge in [-0.05, 0) is 45.6 Å². The molecule has 0 aromatic heterocycles. The molecular weight excluding hydrogens is 369 g/mol. The number of alkyl carbamates (subject to hydrolysis) is 1. The molecule has 27 heavy (non-hydrogen) atoms. The summed E-state index contributed by atoms with van der Waals surface area (Å²) >= 11 is 1.26. The van der Waals surface area contributed by atoms with Gasteiger partial charge < -0.3 is 15.0 Å². The lowest BCUT2D eigenvalue weighted by Crippen LogP contribution is -2.40. The predicted molar refractivity (Wildman–Crippen MR) is 106 cm³/mol. The Morgan fingerprint density at radius 2 is 2.22 bits per heavy atom. The smallest absolute Gasteiger partial charge is 0.407 e. The van der Waals surface area contributed by atoms with Gasteiger partial charge in [-0.1, -0.05) is 11.8 Å². The van der Waals surface area contributed by atoms with Crippen LogP contribution in [0.4, 0.5) is 20.6 Å². The number of aliphatic imine (C=N–C) groups is 1. The zero-order valence-corrected chi connectivity index (χ0v) is 16.7. The average Bonchev–Trinajstić information content (AvgIpc) is 3.00. The minimum Gasteiger partial charge on any atom is -0.444 e. The first-order chi connectivity index (χ1) is 12.7. The number of nitrogens with zero attached hydrogens (tertiary/aromatic N) is 3. The Labute approximate surface area is 163 Å². The molecule has 1 aliphatic heterocycles. The molecule has 1 saturated heterocycles. The first-order valence-electron chi connectivity index (χ1n) is 8.53. The van der Waals surface area contributed by atoms with Crippen molar-refractivity contribution in [2.75, 3.05) is 24.2 Å². The van der Waals surface area contributed by atoms with Crippen molar-refractivity contribution in [1.82, 2.24) is 10.6 Å². The Morgan fingerprint density at radius 1 is 1.48 bits per heavy atom. The first-order valence-corrected chi connectivity index (χ1v) is 9.76. The highest BCUT2D eigenvalue weighted by atomic mass is 32.2. The number of amides is 1. The summed E-state index contributed by atoms with van der Waals surface area (Å²) in [6.07, 6.45) is 3.89. The molecule has 1 amide bonds. The Morgan fingerprint density at radius 3 is 2.85 bits per heavy atom. The normalized spacial score (nSPS) is 17.4. The van der Waals surface area contributed by atoms with Gasteiger partial charge in [-0.2, -0.15) is 5.26 Å². The third-order valence-corrected chi connectivity index (χ3v) is 4.35. The molecule has 2 rings (SSSR count). The average molecular weight is 393 g/mol. The van der Waals surface area contributed by atoms with Crippen LogP contribution in [0.1, 0.15) is 27.2 Å². The number of benzene rings is 1. The Bertz CT molecular complexity index is 757. The van der Waals surface area contributed by atoms with Crippen LogP contribution in [-0.2, 0) is 4.74 Å². The monoisotopic (exact) mass is 393 g/mol. The number of ether oxygens (including phenoxy) is 1. The summed E-state index contributed by atoms with van der Waals surface area (Å²) in [4.78, 5) is 18.4. The Hall–Kier alpha value is -2.47. The quantitative estimate of drug-likeness (QED) is 0.354. The fourth-order valence-electron chi connectivity index (χ4n) is 2.71. The van der Waals surface area contributed by atoms with Crippen LogP contribution in [0.3, 0.4) is 0 Å². The number of nitriles is 1. The molecule has 1 atom stereocenters. The lowest BCUT2D eigenvalue weighted by atomic mass is 10.2. The highest BCUT2D eigenvalue weighted by Crippen LogP contribution is 2.32. The van der Waals surface area contributed by atoms with Crippen molar-refractivity contribution in [3.63, 3.8) is 0 Å². The Balaban J connectivity index is 2.13. The number of nitrogens with one attached hydrogen (secondary N) is 2. The van der Waals surface area contributed by atoms with Crippen molar-refractivity contribution in [3.8, 4) is 6.19 Å². The molecule has 0 radical (unpaired) electrons. The van der Waals surface area contributed by atoms with E-state index in [1.807, 2.05) is 31.9 Å². The molecule has 146 valence electrons. The summed E-state index contributed by atoms with van der Waals surface area (Å²) in [5.41, 5.74) is 0.625. The second-order valence-corrected chi connectivity index (χ2v) is 7.86. The zero-order chi connectivity index (χ0) is 20.0. The molecule has 0 spiro atoms. The molecule has 1 aromatic carbocycles. The van der Waals surface area contributed by atoms with Gasteiger partial charge in [0, 0.05) is 19.2 Å². The standard InChI is InChI=1S/C18H24FN5O2S/c1-18(2,3)26-17(25)22-13-7-8-24(10-13)15-6-5-12(19)9-14(15)23-16(27-4)21-11-20/h5-6,9,13H,7-8,10H2,1-4H3,(H,21,23)(H,22,25). The summed E-state index contributed by atoms with van der Waals surface area (Å²) in [6, 6.07) is 4.30. The van der Waals surface area contributed by atoms with E-state index < -0.39 is 17.5 Å². The fraction of sp³-hybridized carbons (Fsp3) is 0.500. The van der Waals surface area contributed by atoms with E-state index >= 15 is 0 Å². The molecule has 7 nitrogen and oxygen atoms in total. The van der Waals surface area contributed by atoms with E-state index in [4.69, 9.17) is 10.00 Å². The van der Waals surface area contributed by atoms with E-state index in [1.165, 1.54) is 23.9 Å². The van der Waals surface area contributed by atoms with Gasteiger partial charge in [0.15, 0.2) is 11.4 Å². The van der Waals surface area contributed by atoms with Crippen LogP contribution in [0.5, 0.6) is 0 Å². The zero-order valence-electron chi connectivity index (χ0n) is 15.9. The molecule has 9 heteroatoms. The largest absolute Gasteiger partial charge is 0.444 e.